The number of carbonyl (C=O) groups excluding carboxylic acids is 1. The highest BCUT2D eigenvalue weighted by Gasteiger charge is 2.13. The molecule has 1 aromatic rings. The van der Waals surface area contributed by atoms with Crippen molar-refractivity contribution in [3.8, 4) is 0 Å². The van der Waals surface area contributed by atoms with Gasteiger partial charge in [-0.15, -0.1) is 4.74 Å². The van der Waals surface area contributed by atoms with Crippen LogP contribution in [0.25, 0.3) is 0 Å². The zero-order valence-corrected chi connectivity index (χ0v) is 7.61. The van der Waals surface area contributed by atoms with E-state index in [1.54, 1.807) is 0 Å². The van der Waals surface area contributed by atoms with Gasteiger partial charge in [-0.1, -0.05) is 13.8 Å². The van der Waals surface area contributed by atoms with Crippen LogP contribution in [0.1, 0.15) is 25.1 Å². The lowest BCUT2D eigenvalue weighted by atomic mass is 10.1. The van der Waals surface area contributed by atoms with E-state index in [-0.39, 0.29) is 24.1 Å². The molecule has 0 unspecified atom stereocenters. The molecule has 0 aliphatic carbocycles. The van der Waals surface area contributed by atoms with Crippen LogP contribution in [-0.2, 0) is 0 Å². The van der Waals surface area contributed by atoms with E-state index in [2.05, 4.69) is 0 Å². The molecule has 5 nitrogen and oxygen atoms in total. The topological polar surface area (TPSA) is 78.2 Å². The zero-order valence-electron chi connectivity index (χ0n) is 7.61. The Kier molecular flexibility index (Phi) is 2.55. The van der Waals surface area contributed by atoms with Gasteiger partial charge in [0, 0.05) is 6.42 Å². The molecule has 0 aromatic carbocycles. The Balaban J connectivity index is 2.89. The quantitative estimate of drug-likeness (QED) is 0.734. The van der Waals surface area contributed by atoms with Crippen molar-refractivity contribution in [2.75, 3.05) is 5.73 Å². The third-order valence-corrected chi connectivity index (χ3v) is 1.47. The summed E-state index contributed by atoms with van der Waals surface area (Å²) in [5.74, 6) is -0.218. The molecule has 0 aliphatic heterocycles. The van der Waals surface area contributed by atoms with Crippen LogP contribution in [0.2, 0.25) is 0 Å². The Morgan fingerprint density at radius 1 is 1.69 bits per heavy atom. The van der Waals surface area contributed by atoms with Gasteiger partial charge in [0.25, 0.3) is 11.5 Å². The highest BCUT2D eigenvalue weighted by atomic mass is 16.5. The Labute approximate surface area is 75.1 Å². The summed E-state index contributed by atoms with van der Waals surface area (Å²) in [6, 6.07) is 1.08. The lowest BCUT2D eigenvalue weighted by Gasteiger charge is -2.01. The van der Waals surface area contributed by atoms with Gasteiger partial charge in [0.2, 0.25) is 5.88 Å². The maximum Gasteiger partial charge on any atom is 0.292 e. The van der Waals surface area contributed by atoms with E-state index in [0.29, 0.717) is 4.74 Å². The summed E-state index contributed by atoms with van der Waals surface area (Å²) in [6.45, 7) is 3.77. The third kappa shape index (κ3) is 2.21. The monoisotopic (exact) mass is 184 g/mol. The number of aromatic nitrogens is 1. The standard InChI is InChI=1S/C8H12N2O3/c1-5(2)3-7(11)10-8(12)4-6(9)13-10/h4-5H,3,9H2,1-2H3. The number of nitrogen functional groups attached to an aromatic ring is 1. The van der Waals surface area contributed by atoms with Crippen LogP contribution in [0, 0.1) is 5.92 Å². The van der Waals surface area contributed by atoms with Crippen LogP contribution in [0.5, 0.6) is 0 Å². The summed E-state index contributed by atoms with van der Waals surface area (Å²) in [5.41, 5.74) is 4.70. The molecule has 0 saturated carbocycles. The second-order valence-electron chi connectivity index (χ2n) is 3.26. The highest BCUT2D eigenvalue weighted by Crippen LogP contribution is 2.03. The number of hydrogen-bond donors (Lipinski definition) is 1. The minimum atomic E-state index is -0.511. The summed E-state index contributed by atoms with van der Waals surface area (Å²) in [5, 5.41) is 0. The molecule has 0 aliphatic rings. The van der Waals surface area contributed by atoms with Gasteiger partial charge in [-0.05, 0) is 5.92 Å². The zero-order chi connectivity index (χ0) is 10.0. The summed E-state index contributed by atoms with van der Waals surface area (Å²) < 4.78 is 5.40. The molecule has 0 atom stereocenters. The smallest absolute Gasteiger partial charge is 0.292 e. The summed E-state index contributed by atoms with van der Waals surface area (Å²) in [6.07, 6.45) is 0.271. The van der Waals surface area contributed by atoms with E-state index in [4.69, 9.17) is 10.3 Å². The van der Waals surface area contributed by atoms with Crippen molar-refractivity contribution >= 4 is 11.8 Å². The maximum absolute atomic E-state index is 11.3. The molecular formula is C8H12N2O3. The average Bonchev–Trinajstić information content (AvgIpc) is 2.28. The minimum Gasteiger partial charge on any atom is -0.368 e. The fourth-order valence-electron chi connectivity index (χ4n) is 0.963. The van der Waals surface area contributed by atoms with Crippen molar-refractivity contribution in [2.24, 2.45) is 5.92 Å². The second-order valence-corrected chi connectivity index (χ2v) is 3.26. The molecule has 1 rings (SSSR count). The van der Waals surface area contributed by atoms with Crippen molar-refractivity contribution in [1.29, 1.82) is 0 Å². The lowest BCUT2D eigenvalue weighted by molar-refractivity contribution is 0.0765. The highest BCUT2D eigenvalue weighted by molar-refractivity contribution is 5.77. The van der Waals surface area contributed by atoms with Gasteiger partial charge in [0.05, 0.1) is 6.07 Å². The summed E-state index contributed by atoms with van der Waals surface area (Å²) >= 11 is 0. The van der Waals surface area contributed by atoms with E-state index in [1.807, 2.05) is 13.8 Å². The lowest BCUT2D eigenvalue weighted by Crippen LogP contribution is -2.22. The fourth-order valence-corrected chi connectivity index (χ4v) is 0.963. The van der Waals surface area contributed by atoms with Gasteiger partial charge >= 0.3 is 0 Å². The Bertz CT molecular complexity index is 362. The summed E-state index contributed by atoms with van der Waals surface area (Å²) in [7, 11) is 0. The number of nitrogens with zero attached hydrogens (tertiary/aromatic N) is 1. The fraction of sp³-hybridized carbons (Fsp3) is 0.500. The molecule has 5 heteroatoms. The van der Waals surface area contributed by atoms with Crippen molar-refractivity contribution in [3.05, 3.63) is 16.4 Å². The van der Waals surface area contributed by atoms with Crippen LogP contribution < -0.4 is 11.3 Å². The average molecular weight is 184 g/mol. The number of rotatable bonds is 2. The minimum absolute atomic E-state index is 0.0397. The second kappa shape index (κ2) is 3.47. The molecule has 0 bridgehead atoms. The predicted octanol–water partition coefficient (Wildman–Crippen LogP) is 0.710. The van der Waals surface area contributed by atoms with Crippen molar-refractivity contribution < 1.29 is 9.32 Å². The predicted molar refractivity (Wildman–Crippen MR) is 47.5 cm³/mol. The molecule has 0 fully saturated rings. The Morgan fingerprint density at radius 3 is 2.69 bits per heavy atom. The van der Waals surface area contributed by atoms with Gasteiger partial charge in [-0.2, -0.15) is 0 Å². The number of carbonyl (C=O) groups is 1. The van der Waals surface area contributed by atoms with Crippen LogP contribution in [-0.4, -0.2) is 10.6 Å². The van der Waals surface area contributed by atoms with E-state index in [1.165, 1.54) is 0 Å². The van der Waals surface area contributed by atoms with Crippen molar-refractivity contribution in [3.63, 3.8) is 0 Å². The van der Waals surface area contributed by atoms with Crippen LogP contribution in [0.3, 0.4) is 0 Å². The van der Waals surface area contributed by atoms with Gasteiger partial charge in [-0.25, -0.2) is 0 Å². The van der Waals surface area contributed by atoms with E-state index < -0.39 is 5.56 Å². The normalized spacial score (nSPS) is 10.7. The number of nitrogens with two attached hydrogens (primary N) is 1. The molecule has 13 heavy (non-hydrogen) atoms. The van der Waals surface area contributed by atoms with E-state index in [9.17, 15) is 9.59 Å². The van der Waals surface area contributed by atoms with Crippen LogP contribution in [0.4, 0.5) is 5.88 Å². The van der Waals surface area contributed by atoms with Gasteiger partial charge in [0.1, 0.15) is 0 Å². The number of anilines is 1. The van der Waals surface area contributed by atoms with Gasteiger partial charge in [-0.3, -0.25) is 9.59 Å². The van der Waals surface area contributed by atoms with Crippen molar-refractivity contribution in [2.45, 2.75) is 20.3 Å². The van der Waals surface area contributed by atoms with E-state index in [0.717, 1.165) is 6.07 Å². The molecule has 2 N–H and O–H groups in total. The van der Waals surface area contributed by atoms with Gasteiger partial charge in [0.15, 0.2) is 0 Å². The molecule has 0 radical (unpaired) electrons. The van der Waals surface area contributed by atoms with Crippen molar-refractivity contribution in [1.82, 2.24) is 4.74 Å². The summed E-state index contributed by atoms with van der Waals surface area (Å²) in [4.78, 5) is 22.3. The van der Waals surface area contributed by atoms with Crippen LogP contribution >= 0.6 is 0 Å². The molecule has 1 aromatic heterocycles. The maximum atomic E-state index is 11.3. The molecule has 72 valence electrons. The first-order valence-corrected chi connectivity index (χ1v) is 4.02. The first kappa shape index (κ1) is 9.57. The van der Waals surface area contributed by atoms with E-state index >= 15 is 0 Å². The Hall–Kier alpha value is -1.52. The Morgan fingerprint density at radius 2 is 2.31 bits per heavy atom. The molecule has 1 heterocycles. The molecular weight excluding hydrogens is 172 g/mol. The molecule has 0 amide bonds. The third-order valence-electron chi connectivity index (χ3n) is 1.47. The number of hydrogen-bond acceptors (Lipinski definition) is 4. The first-order chi connectivity index (χ1) is 6.00. The molecule has 0 saturated heterocycles. The first-order valence-electron chi connectivity index (χ1n) is 4.02. The SMILES string of the molecule is CC(C)CC(=O)n1oc(N)cc1=O. The van der Waals surface area contributed by atoms with Gasteiger partial charge < -0.3 is 10.3 Å². The van der Waals surface area contributed by atoms with Crippen LogP contribution in [0.15, 0.2) is 15.4 Å². The largest absolute Gasteiger partial charge is 0.368 e. The molecule has 0 spiro atoms.